The standard InChI is InChI=1S/C23H31NO5S/c1-4-28-21(26)17-8-18(13(2)3)30-20(17)24-19(25)12-29-22(27)23-9-14-5-15(10-23)7-16(6-14)11-23/h8,13-16H,4-7,9-12H2,1-3H3,(H,24,25). The van der Waals surface area contributed by atoms with Crippen LogP contribution in [0.25, 0.3) is 0 Å². The maximum absolute atomic E-state index is 12.9. The molecule has 30 heavy (non-hydrogen) atoms. The Kier molecular flexibility index (Phi) is 5.93. The van der Waals surface area contributed by atoms with Gasteiger partial charge < -0.3 is 14.8 Å². The van der Waals surface area contributed by atoms with E-state index in [1.54, 1.807) is 13.0 Å². The summed E-state index contributed by atoms with van der Waals surface area (Å²) in [6.45, 7) is 5.74. The Balaban J connectivity index is 1.38. The molecule has 0 aliphatic heterocycles. The summed E-state index contributed by atoms with van der Waals surface area (Å²) in [5, 5.41) is 3.21. The zero-order chi connectivity index (χ0) is 21.5. The molecule has 1 aromatic heterocycles. The van der Waals surface area contributed by atoms with E-state index in [9.17, 15) is 14.4 Å². The highest BCUT2D eigenvalue weighted by Gasteiger charge is 2.55. The Hall–Kier alpha value is -1.89. The molecule has 1 N–H and O–H groups in total. The summed E-state index contributed by atoms with van der Waals surface area (Å²) >= 11 is 1.36. The van der Waals surface area contributed by atoms with Crippen LogP contribution in [0.2, 0.25) is 0 Å². The van der Waals surface area contributed by atoms with Crippen LogP contribution in [0.5, 0.6) is 0 Å². The van der Waals surface area contributed by atoms with Crippen molar-refractivity contribution in [1.82, 2.24) is 0 Å². The van der Waals surface area contributed by atoms with Gasteiger partial charge in [-0.05, 0) is 75.2 Å². The highest BCUT2D eigenvalue weighted by atomic mass is 32.1. The Morgan fingerprint density at radius 3 is 2.23 bits per heavy atom. The number of hydrogen-bond donors (Lipinski definition) is 1. The van der Waals surface area contributed by atoms with Gasteiger partial charge >= 0.3 is 11.9 Å². The van der Waals surface area contributed by atoms with Crippen LogP contribution in [0, 0.1) is 23.2 Å². The molecule has 6 nitrogen and oxygen atoms in total. The van der Waals surface area contributed by atoms with E-state index < -0.39 is 11.9 Å². The third kappa shape index (κ3) is 4.13. The summed E-state index contributed by atoms with van der Waals surface area (Å²) in [5.41, 5.74) is -0.0231. The van der Waals surface area contributed by atoms with Gasteiger partial charge in [-0.15, -0.1) is 11.3 Å². The second-order valence-electron chi connectivity index (χ2n) is 9.59. The van der Waals surface area contributed by atoms with Crippen molar-refractivity contribution in [3.8, 4) is 0 Å². The van der Waals surface area contributed by atoms with Gasteiger partial charge in [-0.25, -0.2) is 4.79 Å². The Labute approximate surface area is 181 Å². The summed E-state index contributed by atoms with van der Waals surface area (Å²) in [4.78, 5) is 38.7. The molecular weight excluding hydrogens is 402 g/mol. The van der Waals surface area contributed by atoms with Crippen molar-refractivity contribution >= 4 is 34.2 Å². The number of amides is 1. The lowest BCUT2D eigenvalue weighted by molar-refractivity contribution is -0.172. The molecule has 0 spiro atoms. The minimum atomic E-state index is -0.457. The van der Waals surface area contributed by atoms with Gasteiger partial charge in [-0.1, -0.05) is 13.8 Å². The van der Waals surface area contributed by atoms with Gasteiger partial charge in [0.25, 0.3) is 5.91 Å². The summed E-state index contributed by atoms with van der Waals surface area (Å²) in [6.07, 6.45) is 6.49. The Morgan fingerprint density at radius 2 is 1.70 bits per heavy atom. The first-order valence-corrected chi connectivity index (χ1v) is 11.9. The number of ether oxygens (including phenoxy) is 2. The topological polar surface area (TPSA) is 81.7 Å². The van der Waals surface area contributed by atoms with Crippen molar-refractivity contribution in [2.45, 2.75) is 65.2 Å². The van der Waals surface area contributed by atoms with Crippen LogP contribution >= 0.6 is 11.3 Å². The minimum absolute atomic E-state index is 0.212. The van der Waals surface area contributed by atoms with Crippen molar-refractivity contribution in [2.75, 3.05) is 18.5 Å². The van der Waals surface area contributed by atoms with Gasteiger partial charge in [-0.3, -0.25) is 9.59 Å². The van der Waals surface area contributed by atoms with Crippen molar-refractivity contribution in [3.05, 3.63) is 16.5 Å². The van der Waals surface area contributed by atoms with E-state index in [0.717, 1.165) is 24.1 Å². The molecule has 4 fully saturated rings. The molecule has 1 heterocycles. The monoisotopic (exact) mass is 433 g/mol. The van der Waals surface area contributed by atoms with Gasteiger partial charge in [0.2, 0.25) is 0 Å². The van der Waals surface area contributed by atoms with Gasteiger partial charge in [-0.2, -0.15) is 0 Å². The highest BCUT2D eigenvalue weighted by Crippen LogP contribution is 2.60. The average Bonchev–Trinajstić information content (AvgIpc) is 3.09. The summed E-state index contributed by atoms with van der Waals surface area (Å²) in [5.74, 6) is 1.07. The van der Waals surface area contributed by atoms with Crippen LogP contribution < -0.4 is 5.32 Å². The number of rotatable bonds is 7. The molecule has 0 saturated heterocycles. The van der Waals surface area contributed by atoms with Crippen molar-refractivity contribution in [1.29, 1.82) is 0 Å². The lowest BCUT2D eigenvalue weighted by Gasteiger charge is -2.55. The van der Waals surface area contributed by atoms with Gasteiger partial charge in [0, 0.05) is 4.88 Å². The molecule has 4 aliphatic rings. The summed E-state index contributed by atoms with van der Waals surface area (Å²) in [7, 11) is 0. The number of carbonyl (C=O) groups excluding carboxylic acids is 3. The van der Waals surface area contributed by atoms with Crippen LogP contribution in [0.1, 0.15) is 80.4 Å². The van der Waals surface area contributed by atoms with Crippen LogP contribution in [0.4, 0.5) is 5.00 Å². The van der Waals surface area contributed by atoms with Gasteiger partial charge in [0.15, 0.2) is 6.61 Å². The molecule has 1 amide bonds. The smallest absolute Gasteiger partial charge is 0.341 e. The van der Waals surface area contributed by atoms with E-state index in [-0.39, 0.29) is 30.5 Å². The molecular formula is C23H31NO5S. The summed E-state index contributed by atoms with van der Waals surface area (Å²) in [6, 6.07) is 1.77. The summed E-state index contributed by atoms with van der Waals surface area (Å²) < 4.78 is 10.6. The molecule has 0 radical (unpaired) electrons. The molecule has 0 aromatic carbocycles. The Morgan fingerprint density at radius 1 is 1.10 bits per heavy atom. The molecule has 4 bridgehead atoms. The zero-order valence-electron chi connectivity index (χ0n) is 18.0. The first-order valence-electron chi connectivity index (χ1n) is 11.1. The zero-order valence-corrected chi connectivity index (χ0v) is 18.8. The maximum atomic E-state index is 12.9. The molecule has 4 aliphatic carbocycles. The molecule has 0 atom stereocenters. The van der Waals surface area contributed by atoms with E-state index in [4.69, 9.17) is 9.47 Å². The third-order valence-electron chi connectivity index (χ3n) is 6.87. The van der Waals surface area contributed by atoms with Gasteiger partial charge in [0.05, 0.1) is 17.6 Å². The third-order valence-corrected chi connectivity index (χ3v) is 8.23. The number of thiophene rings is 1. The highest BCUT2D eigenvalue weighted by molar-refractivity contribution is 7.16. The normalized spacial score (nSPS) is 29.1. The van der Waals surface area contributed by atoms with Crippen LogP contribution in [0.3, 0.4) is 0 Å². The average molecular weight is 434 g/mol. The van der Waals surface area contributed by atoms with Crippen LogP contribution in [-0.2, 0) is 19.1 Å². The largest absolute Gasteiger partial charge is 0.462 e. The van der Waals surface area contributed by atoms with Crippen LogP contribution in [-0.4, -0.2) is 31.1 Å². The molecule has 164 valence electrons. The van der Waals surface area contributed by atoms with E-state index >= 15 is 0 Å². The fourth-order valence-corrected chi connectivity index (χ4v) is 7.02. The Bertz CT molecular complexity index is 807. The lowest BCUT2D eigenvalue weighted by atomic mass is 9.49. The molecule has 7 heteroatoms. The predicted molar refractivity (Wildman–Crippen MR) is 115 cm³/mol. The van der Waals surface area contributed by atoms with Crippen molar-refractivity contribution in [2.24, 2.45) is 23.2 Å². The van der Waals surface area contributed by atoms with E-state index in [2.05, 4.69) is 5.32 Å². The quantitative estimate of drug-likeness (QED) is 0.628. The molecule has 0 unspecified atom stereocenters. The first kappa shape index (κ1) is 21.3. The van der Waals surface area contributed by atoms with Crippen molar-refractivity contribution < 1.29 is 23.9 Å². The van der Waals surface area contributed by atoms with Crippen molar-refractivity contribution in [3.63, 3.8) is 0 Å². The molecule has 4 saturated carbocycles. The number of anilines is 1. The van der Waals surface area contributed by atoms with E-state index in [1.165, 1.54) is 30.6 Å². The fraction of sp³-hybridized carbons (Fsp3) is 0.696. The molecule has 1 aromatic rings. The number of carbonyl (C=O) groups is 3. The van der Waals surface area contributed by atoms with E-state index in [1.807, 2.05) is 13.8 Å². The van der Waals surface area contributed by atoms with Crippen LogP contribution in [0.15, 0.2) is 6.07 Å². The fourth-order valence-electron chi connectivity index (χ4n) is 5.96. The number of esters is 2. The SMILES string of the molecule is CCOC(=O)c1cc(C(C)C)sc1NC(=O)COC(=O)C12CC3CC(CC(C3)C1)C2. The maximum Gasteiger partial charge on any atom is 0.341 e. The molecule has 5 rings (SSSR count). The number of hydrogen-bond acceptors (Lipinski definition) is 6. The lowest BCUT2D eigenvalue weighted by Crippen LogP contribution is -2.50. The second-order valence-corrected chi connectivity index (χ2v) is 10.7. The number of nitrogens with one attached hydrogen (secondary N) is 1. The van der Waals surface area contributed by atoms with E-state index in [0.29, 0.717) is 28.3 Å². The predicted octanol–water partition coefficient (Wildman–Crippen LogP) is 4.75. The second kappa shape index (κ2) is 8.33. The van der Waals surface area contributed by atoms with Gasteiger partial charge in [0.1, 0.15) is 5.00 Å². The minimum Gasteiger partial charge on any atom is -0.462 e. The first-order chi connectivity index (χ1) is 14.3.